The van der Waals surface area contributed by atoms with Gasteiger partial charge in [-0.2, -0.15) is 0 Å². The van der Waals surface area contributed by atoms with E-state index in [1.54, 1.807) is 30.7 Å². The lowest BCUT2D eigenvalue weighted by molar-refractivity contribution is 0.102. The molecule has 1 heterocycles. The zero-order chi connectivity index (χ0) is 13.1. The third-order valence-corrected chi connectivity index (χ3v) is 3.46. The Balaban J connectivity index is 2.14. The predicted molar refractivity (Wildman–Crippen MR) is 75.2 cm³/mol. The molecular formula is C11H10BrN3O2S. The smallest absolute Gasteiger partial charge is 0.275 e. The molecule has 0 aliphatic rings. The van der Waals surface area contributed by atoms with E-state index in [4.69, 9.17) is 10.5 Å². The molecule has 0 atom stereocenters. The summed E-state index contributed by atoms with van der Waals surface area (Å²) in [4.78, 5) is 15.7. The van der Waals surface area contributed by atoms with Crippen LogP contribution in [0.5, 0.6) is 5.75 Å². The topological polar surface area (TPSA) is 77.2 Å². The van der Waals surface area contributed by atoms with E-state index in [1.165, 1.54) is 11.3 Å². The van der Waals surface area contributed by atoms with E-state index in [2.05, 4.69) is 26.2 Å². The van der Waals surface area contributed by atoms with Crippen LogP contribution in [0, 0.1) is 0 Å². The van der Waals surface area contributed by atoms with Crippen LogP contribution in [0.25, 0.3) is 0 Å². The Hall–Kier alpha value is -1.60. The van der Waals surface area contributed by atoms with Crippen molar-refractivity contribution in [3.63, 3.8) is 0 Å². The fourth-order valence-electron chi connectivity index (χ4n) is 1.33. The van der Waals surface area contributed by atoms with Crippen LogP contribution in [0.2, 0.25) is 0 Å². The van der Waals surface area contributed by atoms with E-state index in [-0.39, 0.29) is 5.91 Å². The standard InChI is InChI=1S/C11H10BrN3O2S/c1-17-9-3-2-6(4-7(9)12)14-10(16)8-5-18-11(13)15-8/h2-5H,1H3,(H2,13,15)(H,14,16). The van der Waals surface area contributed by atoms with Gasteiger partial charge < -0.3 is 15.8 Å². The quantitative estimate of drug-likeness (QED) is 0.908. The fraction of sp³-hybridized carbons (Fsp3) is 0.0909. The number of halogens is 1. The Morgan fingerprint density at radius 3 is 2.89 bits per heavy atom. The monoisotopic (exact) mass is 327 g/mol. The second-order valence-electron chi connectivity index (χ2n) is 3.37. The van der Waals surface area contributed by atoms with Crippen LogP contribution < -0.4 is 15.8 Å². The molecule has 0 radical (unpaired) electrons. The van der Waals surface area contributed by atoms with Crippen molar-refractivity contribution in [2.45, 2.75) is 0 Å². The highest BCUT2D eigenvalue weighted by molar-refractivity contribution is 9.10. The number of amides is 1. The van der Waals surface area contributed by atoms with Gasteiger partial charge in [0.2, 0.25) is 0 Å². The Morgan fingerprint density at radius 1 is 1.56 bits per heavy atom. The number of nitrogens with two attached hydrogens (primary N) is 1. The molecule has 0 fully saturated rings. The summed E-state index contributed by atoms with van der Waals surface area (Å²) in [6, 6.07) is 5.26. The van der Waals surface area contributed by atoms with Gasteiger partial charge in [-0.05, 0) is 34.1 Å². The summed E-state index contributed by atoms with van der Waals surface area (Å²) in [5.74, 6) is 0.408. The minimum absolute atomic E-state index is 0.292. The number of thiazole rings is 1. The first-order valence-corrected chi connectivity index (χ1v) is 6.63. The number of benzene rings is 1. The van der Waals surface area contributed by atoms with Gasteiger partial charge in [0.05, 0.1) is 11.6 Å². The van der Waals surface area contributed by atoms with E-state index < -0.39 is 0 Å². The number of anilines is 2. The average molecular weight is 328 g/mol. The summed E-state index contributed by atoms with van der Waals surface area (Å²) in [7, 11) is 1.58. The zero-order valence-corrected chi connectivity index (χ0v) is 11.8. The lowest BCUT2D eigenvalue weighted by Crippen LogP contribution is -2.12. The van der Waals surface area contributed by atoms with E-state index in [0.717, 1.165) is 4.47 Å². The van der Waals surface area contributed by atoms with Crippen LogP contribution in [0.3, 0.4) is 0 Å². The molecule has 5 nitrogen and oxygen atoms in total. The van der Waals surface area contributed by atoms with Crippen LogP contribution in [0.15, 0.2) is 28.1 Å². The first-order chi connectivity index (χ1) is 8.60. The number of nitrogen functional groups attached to an aromatic ring is 1. The van der Waals surface area contributed by atoms with Gasteiger partial charge in [-0.15, -0.1) is 11.3 Å². The van der Waals surface area contributed by atoms with Crippen LogP contribution in [0.4, 0.5) is 10.8 Å². The van der Waals surface area contributed by atoms with Crippen molar-refractivity contribution in [2.75, 3.05) is 18.2 Å². The number of hydrogen-bond acceptors (Lipinski definition) is 5. The minimum atomic E-state index is -0.292. The number of nitrogens with one attached hydrogen (secondary N) is 1. The van der Waals surface area contributed by atoms with Crippen molar-refractivity contribution < 1.29 is 9.53 Å². The van der Waals surface area contributed by atoms with Gasteiger partial charge in [0, 0.05) is 11.1 Å². The van der Waals surface area contributed by atoms with E-state index in [9.17, 15) is 4.79 Å². The van der Waals surface area contributed by atoms with E-state index in [1.807, 2.05) is 0 Å². The number of carbonyl (C=O) groups excluding carboxylic acids is 1. The van der Waals surface area contributed by atoms with Crippen molar-refractivity contribution in [1.29, 1.82) is 0 Å². The molecule has 0 aliphatic carbocycles. The second kappa shape index (κ2) is 5.36. The predicted octanol–water partition coefficient (Wildman–Crippen LogP) is 2.75. The number of hydrogen-bond donors (Lipinski definition) is 2. The summed E-state index contributed by atoms with van der Waals surface area (Å²) in [5, 5.41) is 4.71. The molecule has 3 N–H and O–H groups in total. The van der Waals surface area contributed by atoms with Crippen LogP contribution in [-0.2, 0) is 0 Å². The van der Waals surface area contributed by atoms with Gasteiger partial charge in [0.15, 0.2) is 5.13 Å². The highest BCUT2D eigenvalue weighted by Crippen LogP contribution is 2.28. The van der Waals surface area contributed by atoms with Gasteiger partial charge >= 0.3 is 0 Å². The molecule has 2 rings (SSSR count). The third kappa shape index (κ3) is 2.80. The summed E-state index contributed by atoms with van der Waals surface area (Å²) < 4.78 is 5.87. The van der Waals surface area contributed by atoms with Crippen LogP contribution in [0.1, 0.15) is 10.5 Å². The van der Waals surface area contributed by atoms with Crippen molar-refractivity contribution in [3.8, 4) is 5.75 Å². The SMILES string of the molecule is COc1ccc(NC(=O)c2csc(N)n2)cc1Br. The maximum Gasteiger partial charge on any atom is 0.275 e. The van der Waals surface area contributed by atoms with E-state index in [0.29, 0.717) is 22.3 Å². The van der Waals surface area contributed by atoms with Gasteiger partial charge in [-0.3, -0.25) is 4.79 Å². The molecule has 94 valence electrons. The molecule has 0 spiro atoms. The number of carbonyl (C=O) groups is 1. The molecule has 0 unspecified atom stereocenters. The first-order valence-electron chi connectivity index (χ1n) is 4.96. The minimum Gasteiger partial charge on any atom is -0.496 e. The molecule has 0 saturated carbocycles. The number of methoxy groups -OCH3 is 1. The number of aromatic nitrogens is 1. The first kappa shape index (κ1) is 12.8. The van der Waals surface area contributed by atoms with Crippen molar-refractivity contribution in [1.82, 2.24) is 4.98 Å². The summed E-state index contributed by atoms with van der Waals surface area (Å²) in [6.45, 7) is 0. The van der Waals surface area contributed by atoms with Gasteiger partial charge in [0.1, 0.15) is 11.4 Å². The average Bonchev–Trinajstić information content (AvgIpc) is 2.76. The van der Waals surface area contributed by atoms with Crippen LogP contribution >= 0.6 is 27.3 Å². The van der Waals surface area contributed by atoms with Gasteiger partial charge in [-0.1, -0.05) is 0 Å². The molecule has 1 amide bonds. The Kier molecular flexibility index (Phi) is 3.83. The van der Waals surface area contributed by atoms with Gasteiger partial charge in [-0.25, -0.2) is 4.98 Å². The normalized spacial score (nSPS) is 10.1. The lowest BCUT2D eigenvalue weighted by atomic mass is 10.3. The second-order valence-corrected chi connectivity index (χ2v) is 5.12. The molecule has 18 heavy (non-hydrogen) atoms. The molecule has 1 aromatic carbocycles. The van der Waals surface area contributed by atoms with Gasteiger partial charge in [0.25, 0.3) is 5.91 Å². The molecule has 1 aromatic heterocycles. The maximum absolute atomic E-state index is 11.8. The highest BCUT2D eigenvalue weighted by Gasteiger charge is 2.10. The molecular weight excluding hydrogens is 318 g/mol. The molecule has 2 aromatic rings. The largest absolute Gasteiger partial charge is 0.496 e. The van der Waals surface area contributed by atoms with E-state index >= 15 is 0 Å². The van der Waals surface area contributed by atoms with Crippen molar-refractivity contribution >= 4 is 44.0 Å². The number of ether oxygens (including phenoxy) is 1. The summed E-state index contributed by atoms with van der Waals surface area (Å²) >= 11 is 4.58. The fourth-order valence-corrected chi connectivity index (χ4v) is 2.42. The van der Waals surface area contributed by atoms with Crippen molar-refractivity contribution in [3.05, 3.63) is 33.7 Å². The summed E-state index contributed by atoms with van der Waals surface area (Å²) in [5.41, 5.74) is 6.44. The summed E-state index contributed by atoms with van der Waals surface area (Å²) in [6.07, 6.45) is 0. The molecule has 7 heteroatoms. The Labute approximate surface area is 116 Å². The number of nitrogens with zero attached hydrogens (tertiary/aromatic N) is 1. The van der Waals surface area contributed by atoms with Crippen LogP contribution in [-0.4, -0.2) is 18.0 Å². The molecule has 0 saturated heterocycles. The molecule has 0 aliphatic heterocycles. The number of rotatable bonds is 3. The highest BCUT2D eigenvalue weighted by atomic mass is 79.9. The van der Waals surface area contributed by atoms with Crippen molar-refractivity contribution in [2.24, 2.45) is 0 Å². The molecule has 0 bridgehead atoms. The zero-order valence-electron chi connectivity index (χ0n) is 9.44. The Morgan fingerprint density at radius 2 is 2.33 bits per heavy atom. The lowest BCUT2D eigenvalue weighted by Gasteiger charge is -2.07. The Bertz CT molecular complexity index is 585. The third-order valence-electron chi connectivity index (χ3n) is 2.16. The maximum atomic E-state index is 11.8.